The maximum absolute atomic E-state index is 11.6. The summed E-state index contributed by atoms with van der Waals surface area (Å²) in [5.74, 6) is 1.15. The molecule has 0 spiro atoms. The minimum atomic E-state index is -0.318. The summed E-state index contributed by atoms with van der Waals surface area (Å²) < 4.78 is 4.95. The van der Waals surface area contributed by atoms with Gasteiger partial charge >= 0.3 is 5.97 Å². The zero-order valence-corrected chi connectivity index (χ0v) is 12.5. The van der Waals surface area contributed by atoms with Crippen molar-refractivity contribution in [2.75, 3.05) is 18.1 Å². The fourth-order valence-corrected chi connectivity index (χ4v) is 1.85. The molecule has 4 heteroatoms. The van der Waals surface area contributed by atoms with Crippen molar-refractivity contribution in [2.45, 2.75) is 40.7 Å². The molecular weight excluding hydrogens is 240 g/mol. The van der Waals surface area contributed by atoms with Crippen LogP contribution < -0.4 is 4.90 Å². The van der Waals surface area contributed by atoms with E-state index in [1.807, 2.05) is 6.07 Å². The lowest BCUT2D eigenvalue weighted by Crippen LogP contribution is -2.34. The van der Waals surface area contributed by atoms with Crippen LogP contribution in [0, 0.1) is 5.92 Å². The molecule has 0 aliphatic rings. The van der Waals surface area contributed by atoms with Crippen LogP contribution in [0.15, 0.2) is 18.3 Å². The number of anilines is 1. The standard InChI is InChI=1S/C15H24N2O2/c1-6-19-15(18)13-7-8-14(16-9-13)17(12(4)5)10-11(2)3/h7-9,11-12H,6,10H2,1-5H3. The number of rotatable bonds is 6. The Kier molecular flexibility index (Phi) is 5.80. The predicted molar refractivity (Wildman–Crippen MR) is 77.5 cm³/mol. The average molecular weight is 264 g/mol. The Balaban J connectivity index is 2.86. The van der Waals surface area contributed by atoms with Gasteiger partial charge in [-0.05, 0) is 38.8 Å². The molecular formula is C15H24N2O2. The van der Waals surface area contributed by atoms with Gasteiger partial charge in [0.05, 0.1) is 12.2 Å². The summed E-state index contributed by atoms with van der Waals surface area (Å²) in [6.45, 7) is 11.8. The number of hydrogen-bond acceptors (Lipinski definition) is 4. The summed E-state index contributed by atoms with van der Waals surface area (Å²) in [7, 11) is 0. The maximum Gasteiger partial charge on any atom is 0.339 e. The zero-order valence-electron chi connectivity index (χ0n) is 12.5. The van der Waals surface area contributed by atoms with Crippen molar-refractivity contribution >= 4 is 11.8 Å². The lowest BCUT2D eigenvalue weighted by atomic mass is 10.1. The Morgan fingerprint density at radius 2 is 2.00 bits per heavy atom. The van der Waals surface area contributed by atoms with Gasteiger partial charge in [-0.3, -0.25) is 0 Å². The van der Waals surface area contributed by atoms with Gasteiger partial charge in [-0.25, -0.2) is 9.78 Å². The van der Waals surface area contributed by atoms with Gasteiger partial charge < -0.3 is 9.64 Å². The molecule has 1 aromatic rings. The average Bonchev–Trinajstić information content (AvgIpc) is 2.36. The van der Waals surface area contributed by atoms with E-state index < -0.39 is 0 Å². The molecule has 0 aromatic carbocycles. The molecule has 0 saturated heterocycles. The Hall–Kier alpha value is -1.58. The number of pyridine rings is 1. The van der Waals surface area contributed by atoms with Crippen LogP contribution in [0.4, 0.5) is 5.82 Å². The smallest absolute Gasteiger partial charge is 0.339 e. The summed E-state index contributed by atoms with van der Waals surface area (Å²) in [5, 5.41) is 0. The summed E-state index contributed by atoms with van der Waals surface area (Å²) >= 11 is 0. The minimum Gasteiger partial charge on any atom is -0.462 e. The third-order valence-corrected chi connectivity index (χ3v) is 2.74. The zero-order chi connectivity index (χ0) is 14.4. The van der Waals surface area contributed by atoms with Crippen molar-refractivity contribution < 1.29 is 9.53 Å². The highest BCUT2D eigenvalue weighted by atomic mass is 16.5. The van der Waals surface area contributed by atoms with Crippen molar-refractivity contribution in [3.63, 3.8) is 0 Å². The van der Waals surface area contributed by atoms with Crippen LogP contribution in [0.1, 0.15) is 45.0 Å². The molecule has 1 rings (SSSR count). The van der Waals surface area contributed by atoms with Crippen LogP contribution >= 0.6 is 0 Å². The van der Waals surface area contributed by atoms with E-state index >= 15 is 0 Å². The highest BCUT2D eigenvalue weighted by Crippen LogP contribution is 2.16. The molecule has 0 N–H and O–H groups in total. The molecule has 0 bridgehead atoms. The number of hydrogen-bond donors (Lipinski definition) is 0. The largest absolute Gasteiger partial charge is 0.462 e. The molecule has 1 aromatic heterocycles. The Bertz CT molecular complexity index is 399. The second kappa shape index (κ2) is 7.12. The summed E-state index contributed by atoms with van der Waals surface area (Å²) in [6.07, 6.45) is 1.59. The van der Waals surface area contributed by atoms with Gasteiger partial charge in [0.2, 0.25) is 0 Å². The van der Waals surface area contributed by atoms with Crippen molar-refractivity contribution in [1.82, 2.24) is 4.98 Å². The lowest BCUT2D eigenvalue weighted by Gasteiger charge is -2.29. The van der Waals surface area contributed by atoms with Crippen molar-refractivity contribution in [2.24, 2.45) is 5.92 Å². The van der Waals surface area contributed by atoms with Gasteiger partial charge in [-0.15, -0.1) is 0 Å². The lowest BCUT2D eigenvalue weighted by molar-refractivity contribution is 0.0526. The molecule has 0 radical (unpaired) electrons. The van der Waals surface area contributed by atoms with Gasteiger partial charge in [0.1, 0.15) is 5.82 Å². The molecule has 0 atom stereocenters. The van der Waals surface area contributed by atoms with E-state index in [2.05, 4.69) is 37.6 Å². The first-order chi connectivity index (χ1) is 8.95. The normalized spacial score (nSPS) is 10.9. The SMILES string of the molecule is CCOC(=O)c1ccc(N(CC(C)C)C(C)C)nc1. The predicted octanol–water partition coefficient (Wildman–Crippen LogP) is 3.13. The number of carbonyl (C=O) groups excluding carboxylic acids is 1. The first kappa shape index (κ1) is 15.5. The van der Waals surface area contributed by atoms with E-state index in [0.29, 0.717) is 24.1 Å². The van der Waals surface area contributed by atoms with Crippen LogP contribution in [0.5, 0.6) is 0 Å². The third-order valence-electron chi connectivity index (χ3n) is 2.74. The Labute approximate surface area is 115 Å². The summed E-state index contributed by atoms with van der Waals surface area (Å²) in [4.78, 5) is 18.2. The molecule has 0 fully saturated rings. The molecule has 106 valence electrons. The molecule has 0 aliphatic carbocycles. The van der Waals surface area contributed by atoms with Crippen LogP contribution in [-0.2, 0) is 4.74 Å². The molecule has 1 heterocycles. The van der Waals surface area contributed by atoms with E-state index in [4.69, 9.17) is 4.74 Å². The fourth-order valence-electron chi connectivity index (χ4n) is 1.85. The second-order valence-corrected chi connectivity index (χ2v) is 5.27. The topological polar surface area (TPSA) is 42.4 Å². The van der Waals surface area contributed by atoms with Crippen molar-refractivity contribution in [3.8, 4) is 0 Å². The second-order valence-electron chi connectivity index (χ2n) is 5.27. The van der Waals surface area contributed by atoms with Gasteiger partial charge in [0, 0.05) is 18.8 Å². The van der Waals surface area contributed by atoms with Crippen LogP contribution in [0.25, 0.3) is 0 Å². The molecule has 0 saturated carbocycles. The maximum atomic E-state index is 11.6. The molecule has 0 aliphatic heterocycles. The number of nitrogens with zero attached hydrogens (tertiary/aromatic N) is 2. The molecule has 0 amide bonds. The van der Waals surface area contributed by atoms with E-state index in [-0.39, 0.29) is 5.97 Å². The summed E-state index contributed by atoms with van der Waals surface area (Å²) in [5.41, 5.74) is 0.499. The first-order valence-corrected chi connectivity index (χ1v) is 6.85. The Morgan fingerprint density at radius 3 is 2.42 bits per heavy atom. The van der Waals surface area contributed by atoms with Gasteiger partial charge in [-0.2, -0.15) is 0 Å². The van der Waals surface area contributed by atoms with Crippen LogP contribution in [0.3, 0.4) is 0 Å². The van der Waals surface area contributed by atoms with Gasteiger partial charge in [0.15, 0.2) is 0 Å². The molecule has 0 unspecified atom stereocenters. The first-order valence-electron chi connectivity index (χ1n) is 6.85. The van der Waals surface area contributed by atoms with E-state index in [0.717, 1.165) is 12.4 Å². The number of aromatic nitrogens is 1. The van der Waals surface area contributed by atoms with Crippen LogP contribution in [-0.4, -0.2) is 30.1 Å². The van der Waals surface area contributed by atoms with Crippen molar-refractivity contribution in [3.05, 3.63) is 23.9 Å². The third kappa shape index (κ3) is 4.54. The van der Waals surface area contributed by atoms with E-state index in [9.17, 15) is 4.79 Å². The van der Waals surface area contributed by atoms with Gasteiger partial charge in [0.25, 0.3) is 0 Å². The molecule has 19 heavy (non-hydrogen) atoms. The van der Waals surface area contributed by atoms with Gasteiger partial charge in [-0.1, -0.05) is 13.8 Å². The molecule has 4 nitrogen and oxygen atoms in total. The Morgan fingerprint density at radius 1 is 1.32 bits per heavy atom. The van der Waals surface area contributed by atoms with E-state index in [1.54, 1.807) is 19.2 Å². The van der Waals surface area contributed by atoms with E-state index in [1.165, 1.54) is 0 Å². The number of ether oxygens (including phenoxy) is 1. The summed E-state index contributed by atoms with van der Waals surface area (Å²) in [6, 6.07) is 4.04. The fraction of sp³-hybridized carbons (Fsp3) is 0.600. The minimum absolute atomic E-state index is 0.318. The van der Waals surface area contributed by atoms with Crippen LogP contribution in [0.2, 0.25) is 0 Å². The van der Waals surface area contributed by atoms with Crippen molar-refractivity contribution in [1.29, 1.82) is 0 Å². The number of carbonyl (C=O) groups is 1. The quantitative estimate of drug-likeness (QED) is 0.740. The number of esters is 1. The monoisotopic (exact) mass is 264 g/mol. The highest BCUT2D eigenvalue weighted by molar-refractivity contribution is 5.89. The highest BCUT2D eigenvalue weighted by Gasteiger charge is 2.14.